The van der Waals surface area contributed by atoms with Crippen LogP contribution in [0, 0.1) is 5.92 Å². The summed E-state index contributed by atoms with van der Waals surface area (Å²) in [5.41, 5.74) is 6.36. The molecule has 168 valence electrons. The first kappa shape index (κ1) is 21.7. The number of hydrogen-bond acceptors (Lipinski definition) is 9. The molecule has 1 aliphatic rings. The van der Waals surface area contributed by atoms with E-state index < -0.39 is 29.9 Å². The van der Waals surface area contributed by atoms with Crippen LogP contribution in [0.5, 0.6) is 0 Å². The first-order chi connectivity index (χ1) is 15.4. The van der Waals surface area contributed by atoms with Crippen molar-refractivity contribution in [2.75, 3.05) is 12.3 Å². The van der Waals surface area contributed by atoms with E-state index in [9.17, 15) is 9.59 Å². The van der Waals surface area contributed by atoms with Crippen LogP contribution in [0.25, 0.3) is 11.2 Å². The average molecular weight is 439 g/mol. The molecule has 3 aromatic rings. The first-order valence-corrected chi connectivity index (χ1v) is 10.4. The lowest BCUT2D eigenvalue weighted by Crippen LogP contribution is -2.42. The minimum absolute atomic E-state index is 0.00356. The smallest absolute Gasteiger partial charge is 0.338 e. The predicted molar refractivity (Wildman–Crippen MR) is 114 cm³/mol. The summed E-state index contributed by atoms with van der Waals surface area (Å²) < 4.78 is 19.4. The maximum atomic E-state index is 12.5. The molecule has 10 nitrogen and oxygen atoms in total. The van der Waals surface area contributed by atoms with Crippen LogP contribution in [0.3, 0.4) is 0 Å². The van der Waals surface area contributed by atoms with Gasteiger partial charge in [0.2, 0.25) is 0 Å². The number of fused-ring (bicyclic) bond motifs is 1. The molecule has 3 heterocycles. The van der Waals surface area contributed by atoms with E-state index in [1.54, 1.807) is 28.8 Å². The summed E-state index contributed by atoms with van der Waals surface area (Å²) in [4.78, 5) is 37.0. The number of rotatable bonds is 6. The highest BCUT2D eigenvalue weighted by atomic mass is 16.6. The highest BCUT2D eigenvalue weighted by Crippen LogP contribution is 2.46. The van der Waals surface area contributed by atoms with Gasteiger partial charge >= 0.3 is 11.9 Å². The van der Waals surface area contributed by atoms with Crippen molar-refractivity contribution in [2.45, 2.75) is 45.1 Å². The van der Waals surface area contributed by atoms with Crippen molar-refractivity contribution in [1.82, 2.24) is 19.5 Å². The van der Waals surface area contributed by atoms with Crippen LogP contribution in [0.15, 0.2) is 43.0 Å². The van der Waals surface area contributed by atoms with Crippen molar-refractivity contribution in [2.24, 2.45) is 5.92 Å². The minimum Gasteiger partial charge on any atom is -0.459 e. The summed E-state index contributed by atoms with van der Waals surface area (Å²) in [6.07, 6.45) is 2.00. The third-order valence-corrected chi connectivity index (χ3v) is 5.98. The number of nitrogens with zero attached hydrogens (tertiary/aromatic N) is 4. The van der Waals surface area contributed by atoms with Crippen LogP contribution < -0.4 is 5.73 Å². The molecule has 0 amide bonds. The fourth-order valence-electron chi connectivity index (χ4n) is 4.10. The maximum absolute atomic E-state index is 12.5. The molecule has 0 bridgehead atoms. The van der Waals surface area contributed by atoms with Gasteiger partial charge in [0, 0.05) is 12.8 Å². The number of nitrogens with two attached hydrogens (primary N) is 1. The third kappa shape index (κ3) is 3.77. The van der Waals surface area contributed by atoms with E-state index in [4.69, 9.17) is 19.9 Å². The molecule has 1 aromatic carbocycles. The number of imidazole rings is 1. The molecule has 2 N–H and O–H groups in total. The zero-order valence-electron chi connectivity index (χ0n) is 18.1. The van der Waals surface area contributed by atoms with Crippen LogP contribution in [0.4, 0.5) is 5.82 Å². The summed E-state index contributed by atoms with van der Waals surface area (Å²) in [5.74, 6) is -0.943. The summed E-state index contributed by atoms with van der Waals surface area (Å²) in [6.45, 7) is 5.19. The van der Waals surface area contributed by atoms with Gasteiger partial charge in [-0.25, -0.2) is 19.7 Å². The molecule has 1 saturated heterocycles. The SMILES string of the molecule is CC[C@]1(COC(=O)c2ccccc2)OC(n2cnc3c(N)ncnc32)[C@H](OC(C)=O)[C@H]1C. The Kier molecular flexibility index (Phi) is 5.79. The summed E-state index contributed by atoms with van der Waals surface area (Å²) >= 11 is 0. The molecule has 1 fully saturated rings. The Labute approximate surface area is 184 Å². The Morgan fingerprint density at radius 3 is 2.66 bits per heavy atom. The van der Waals surface area contributed by atoms with Crippen molar-refractivity contribution < 1.29 is 23.8 Å². The fourth-order valence-corrected chi connectivity index (χ4v) is 4.10. The van der Waals surface area contributed by atoms with Gasteiger partial charge in [-0.15, -0.1) is 0 Å². The van der Waals surface area contributed by atoms with Crippen molar-refractivity contribution >= 4 is 28.9 Å². The van der Waals surface area contributed by atoms with E-state index in [2.05, 4.69) is 15.0 Å². The molecule has 1 aliphatic heterocycles. The number of aromatic nitrogens is 4. The number of hydrogen-bond donors (Lipinski definition) is 1. The Balaban J connectivity index is 1.66. The average Bonchev–Trinajstić information content (AvgIpc) is 3.33. The lowest BCUT2D eigenvalue weighted by atomic mass is 9.85. The summed E-state index contributed by atoms with van der Waals surface area (Å²) in [7, 11) is 0. The third-order valence-electron chi connectivity index (χ3n) is 5.98. The van der Waals surface area contributed by atoms with Gasteiger partial charge in [-0.05, 0) is 18.6 Å². The molecule has 0 saturated carbocycles. The zero-order chi connectivity index (χ0) is 22.9. The normalized spacial score (nSPS) is 25.0. The van der Waals surface area contributed by atoms with Gasteiger partial charge < -0.3 is 19.9 Å². The van der Waals surface area contributed by atoms with E-state index in [0.29, 0.717) is 23.1 Å². The van der Waals surface area contributed by atoms with Gasteiger partial charge in [-0.1, -0.05) is 32.0 Å². The molecule has 10 heteroatoms. The zero-order valence-corrected chi connectivity index (χ0v) is 18.1. The Morgan fingerprint density at radius 1 is 1.22 bits per heavy atom. The minimum atomic E-state index is -0.885. The molecule has 4 rings (SSSR count). The van der Waals surface area contributed by atoms with Gasteiger partial charge in [0.25, 0.3) is 0 Å². The standard InChI is InChI=1S/C22H25N5O5/c1-4-22(10-30-21(29)15-8-6-5-7-9-15)13(2)17(31-14(3)28)20(32-22)27-12-26-16-18(23)24-11-25-19(16)27/h5-9,11-13,17,20H,4,10H2,1-3H3,(H2,23,24,25)/t13-,17-,20?,22-/m1/s1. The number of carbonyl (C=O) groups is 2. The molecule has 2 aromatic heterocycles. The van der Waals surface area contributed by atoms with Crippen molar-refractivity contribution in [3.63, 3.8) is 0 Å². The molecule has 1 unspecified atom stereocenters. The van der Waals surface area contributed by atoms with E-state index in [1.165, 1.54) is 19.6 Å². The predicted octanol–water partition coefficient (Wildman–Crippen LogP) is 2.51. The van der Waals surface area contributed by atoms with E-state index >= 15 is 0 Å². The number of ether oxygens (including phenoxy) is 3. The lowest BCUT2D eigenvalue weighted by Gasteiger charge is -2.31. The highest BCUT2D eigenvalue weighted by Gasteiger charge is 2.55. The highest BCUT2D eigenvalue weighted by molar-refractivity contribution is 5.89. The Hall–Kier alpha value is -3.53. The number of esters is 2. The second-order valence-corrected chi connectivity index (χ2v) is 7.81. The van der Waals surface area contributed by atoms with Crippen molar-refractivity contribution in [1.29, 1.82) is 0 Å². The molecule has 0 radical (unpaired) electrons. The molecular formula is C22H25N5O5. The molecule has 4 atom stereocenters. The maximum Gasteiger partial charge on any atom is 0.338 e. The molecule has 32 heavy (non-hydrogen) atoms. The van der Waals surface area contributed by atoms with Crippen molar-refractivity contribution in [3.05, 3.63) is 48.5 Å². The second kappa shape index (κ2) is 8.54. The van der Waals surface area contributed by atoms with Crippen LogP contribution in [-0.2, 0) is 19.0 Å². The number of nitrogen functional groups attached to an aromatic ring is 1. The topological polar surface area (TPSA) is 131 Å². The van der Waals surface area contributed by atoms with E-state index in [-0.39, 0.29) is 18.3 Å². The van der Waals surface area contributed by atoms with Gasteiger partial charge in [-0.3, -0.25) is 9.36 Å². The molecular weight excluding hydrogens is 414 g/mol. The van der Waals surface area contributed by atoms with Crippen LogP contribution >= 0.6 is 0 Å². The summed E-state index contributed by atoms with van der Waals surface area (Å²) in [6, 6.07) is 8.74. The second-order valence-electron chi connectivity index (χ2n) is 7.81. The quantitative estimate of drug-likeness (QED) is 0.575. The van der Waals surface area contributed by atoms with Gasteiger partial charge in [0.05, 0.1) is 11.9 Å². The monoisotopic (exact) mass is 439 g/mol. The lowest BCUT2D eigenvalue weighted by molar-refractivity contribution is -0.154. The fraction of sp³-hybridized carbons (Fsp3) is 0.409. The molecule has 0 spiro atoms. The largest absolute Gasteiger partial charge is 0.459 e. The number of carbonyl (C=O) groups excluding carboxylic acids is 2. The molecule has 0 aliphatic carbocycles. The number of benzene rings is 1. The van der Waals surface area contributed by atoms with Crippen molar-refractivity contribution in [3.8, 4) is 0 Å². The van der Waals surface area contributed by atoms with Gasteiger partial charge in [0.1, 0.15) is 24.1 Å². The van der Waals surface area contributed by atoms with Crippen LogP contribution in [-0.4, -0.2) is 49.8 Å². The Morgan fingerprint density at radius 2 is 1.97 bits per heavy atom. The summed E-state index contributed by atoms with van der Waals surface area (Å²) in [5, 5.41) is 0. The number of anilines is 1. The van der Waals surface area contributed by atoms with Crippen LogP contribution in [0.1, 0.15) is 43.8 Å². The van der Waals surface area contributed by atoms with Gasteiger partial charge in [0.15, 0.2) is 23.8 Å². The van der Waals surface area contributed by atoms with Gasteiger partial charge in [-0.2, -0.15) is 0 Å². The van der Waals surface area contributed by atoms with Crippen LogP contribution in [0.2, 0.25) is 0 Å². The van der Waals surface area contributed by atoms with E-state index in [0.717, 1.165) is 0 Å². The first-order valence-electron chi connectivity index (χ1n) is 10.4. The van der Waals surface area contributed by atoms with E-state index in [1.807, 2.05) is 19.9 Å². The Bertz CT molecular complexity index is 1130.